The highest BCUT2D eigenvalue weighted by Gasteiger charge is 2.27. The predicted octanol–water partition coefficient (Wildman–Crippen LogP) is -0.291. The van der Waals surface area contributed by atoms with E-state index in [1.807, 2.05) is 0 Å². The van der Waals surface area contributed by atoms with Gasteiger partial charge in [-0.05, 0) is 19.8 Å². The molecule has 4 heteroatoms. The van der Waals surface area contributed by atoms with Gasteiger partial charge in [0.25, 0.3) is 0 Å². The van der Waals surface area contributed by atoms with Crippen LogP contribution in [0, 0.1) is 5.41 Å². The van der Waals surface area contributed by atoms with Gasteiger partial charge in [-0.25, -0.2) is 0 Å². The van der Waals surface area contributed by atoms with Gasteiger partial charge in [0.15, 0.2) is 0 Å². The van der Waals surface area contributed by atoms with Gasteiger partial charge >= 0.3 is 0 Å². The van der Waals surface area contributed by atoms with E-state index in [4.69, 9.17) is 15.3 Å². The molecule has 0 saturated heterocycles. The van der Waals surface area contributed by atoms with Gasteiger partial charge in [0.2, 0.25) is 0 Å². The smallest absolute Gasteiger partial charge is 0.129 e. The van der Waals surface area contributed by atoms with E-state index in [0.29, 0.717) is 19.3 Å². The Labute approximate surface area is 78.2 Å². The van der Waals surface area contributed by atoms with Crippen molar-refractivity contribution in [3.05, 3.63) is 0 Å². The molecular formula is C9H18O4. The third-order valence-electron chi connectivity index (χ3n) is 2.24. The molecule has 78 valence electrons. The molecule has 0 aromatic carbocycles. The molecule has 0 aliphatic rings. The molecule has 0 atom stereocenters. The molecule has 0 amide bonds. The van der Waals surface area contributed by atoms with Crippen LogP contribution in [0.4, 0.5) is 0 Å². The zero-order chi connectivity index (χ0) is 10.3. The van der Waals surface area contributed by atoms with Crippen LogP contribution < -0.4 is 0 Å². The summed E-state index contributed by atoms with van der Waals surface area (Å²) in [5.74, 6) is 0.0859. The van der Waals surface area contributed by atoms with E-state index in [1.54, 1.807) is 0 Å². The van der Waals surface area contributed by atoms with Gasteiger partial charge in [-0.1, -0.05) is 0 Å². The number of rotatable bonds is 7. The highest BCUT2D eigenvalue weighted by molar-refractivity contribution is 5.75. The molecule has 3 N–H and O–H groups in total. The topological polar surface area (TPSA) is 77.8 Å². The summed E-state index contributed by atoms with van der Waals surface area (Å²) in [5.41, 5.74) is -0.824. The third kappa shape index (κ3) is 4.36. The van der Waals surface area contributed by atoms with Crippen molar-refractivity contribution >= 4 is 5.78 Å². The first-order valence-electron chi connectivity index (χ1n) is 4.42. The van der Waals surface area contributed by atoms with Gasteiger partial charge in [0, 0.05) is 11.8 Å². The summed E-state index contributed by atoms with van der Waals surface area (Å²) < 4.78 is 0. The van der Waals surface area contributed by atoms with Crippen molar-refractivity contribution < 1.29 is 20.1 Å². The molecule has 4 nitrogen and oxygen atoms in total. The maximum Gasteiger partial charge on any atom is 0.129 e. The van der Waals surface area contributed by atoms with Gasteiger partial charge < -0.3 is 20.1 Å². The van der Waals surface area contributed by atoms with E-state index in [2.05, 4.69) is 0 Å². The normalized spacial score (nSPS) is 11.7. The molecule has 0 spiro atoms. The number of aliphatic hydroxyl groups excluding tert-OH is 3. The molecule has 0 rings (SSSR count). The molecular weight excluding hydrogens is 172 g/mol. The monoisotopic (exact) mass is 190 g/mol. The van der Waals surface area contributed by atoms with Crippen molar-refractivity contribution in [1.82, 2.24) is 0 Å². The van der Waals surface area contributed by atoms with Crippen LogP contribution >= 0.6 is 0 Å². The predicted molar refractivity (Wildman–Crippen MR) is 48.2 cm³/mol. The first-order chi connectivity index (χ1) is 6.10. The molecule has 0 aromatic heterocycles. The first-order valence-corrected chi connectivity index (χ1v) is 4.42. The van der Waals surface area contributed by atoms with Gasteiger partial charge in [0.05, 0.1) is 19.8 Å². The second-order valence-electron chi connectivity index (χ2n) is 3.53. The van der Waals surface area contributed by atoms with E-state index in [0.717, 1.165) is 0 Å². The summed E-state index contributed by atoms with van der Waals surface area (Å²) in [4.78, 5) is 10.6. The van der Waals surface area contributed by atoms with Crippen LogP contribution in [-0.2, 0) is 4.79 Å². The van der Waals surface area contributed by atoms with Crippen molar-refractivity contribution in [2.75, 3.05) is 19.8 Å². The van der Waals surface area contributed by atoms with E-state index < -0.39 is 5.41 Å². The largest absolute Gasteiger partial charge is 0.396 e. The number of Topliss-reactive ketones (excluding diaryl/α,β-unsaturated/α-hetero) is 1. The Morgan fingerprint density at radius 2 is 1.62 bits per heavy atom. The minimum Gasteiger partial charge on any atom is -0.396 e. The van der Waals surface area contributed by atoms with Crippen LogP contribution in [0.25, 0.3) is 0 Å². The first kappa shape index (κ1) is 12.6. The highest BCUT2D eigenvalue weighted by Crippen LogP contribution is 2.22. The molecule has 0 aromatic rings. The lowest BCUT2D eigenvalue weighted by molar-refractivity contribution is -0.117. The summed E-state index contributed by atoms with van der Waals surface area (Å²) in [5, 5.41) is 26.8. The minimum absolute atomic E-state index is 0.0859. The van der Waals surface area contributed by atoms with Gasteiger partial charge in [-0.3, -0.25) is 0 Å². The number of carbonyl (C=O) groups excluding carboxylic acids is 1. The molecule has 0 aliphatic heterocycles. The summed E-state index contributed by atoms with van der Waals surface area (Å²) in [7, 11) is 0. The average Bonchev–Trinajstić information content (AvgIpc) is 2.13. The van der Waals surface area contributed by atoms with Crippen molar-refractivity contribution in [3.8, 4) is 0 Å². The second-order valence-corrected chi connectivity index (χ2v) is 3.53. The Morgan fingerprint density at radius 1 is 1.15 bits per heavy atom. The minimum atomic E-state index is -0.824. The van der Waals surface area contributed by atoms with E-state index >= 15 is 0 Å². The highest BCUT2D eigenvalue weighted by atomic mass is 16.3. The lowest BCUT2D eigenvalue weighted by Crippen LogP contribution is -2.33. The summed E-state index contributed by atoms with van der Waals surface area (Å²) in [6.07, 6.45) is 1.49. The molecule has 0 heterocycles. The molecule has 0 bridgehead atoms. The number of hydrogen-bond donors (Lipinski definition) is 3. The zero-order valence-electron chi connectivity index (χ0n) is 7.99. The summed E-state index contributed by atoms with van der Waals surface area (Å²) in [6, 6.07) is 0. The van der Waals surface area contributed by atoms with Crippen molar-refractivity contribution in [2.24, 2.45) is 5.41 Å². The Balaban J connectivity index is 3.88. The van der Waals surface area contributed by atoms with Crippen molar-refractivity contribution in [2.45, 2.75) is 26.2 Å². The lowest BCUT2D eigenvalue weighted by atomic mass is 9.85. The van der Waals surface area contributed by atoms with Crippen LogP contribution in [0.2, 0.25) is 0 Å². The Hall–Kier alpha value is -0.450. The molecule has 0 aliphatic carbocycles. The van der Waals surface area contributed by atoms with Gasteiger partial charge in [-0.15, -0.1) is 0 Å². The van der Waals surface area contributed by atoms with E-state index in [9.17, 15) is 4.79 Å². The standard InChI is InChI=1S/C9H18O4/c1-8(13)3-2-4-9(5-10,6-11)7-12/h10-12H,2-7H2,1H3. The van der Waals surface area contributed by atoms with Crippen molar-refractivity contribution in [1.29, 1.82) is 0 Å². The van der Waals surface area contributed by atoms with Gasteiger partial charge in [-0.2, -0.15) is 0 Å². The lowest BCUT2D eigenvalue weighted by Gasteiger charge is -2.26. The number of carbonyl (C=O) groups is 1. The number of hydrogen-bond acceptors (Lipinski definition) is 4. The number of ketones is 1. The molecule has 0 fully saturated rings. The van der Waals surface area contributed by atoms with Crippen LogP contribution in [0.3, 0.4) is 0 Å². The Bertz CT molecular complexity index is 143. The fraction of sp³-hybridized carbons (Fsp3) is 0.889. The molecule has 0 unspecified atom stereocenters. The van der Waals surface area contributed by atoms with Gasteiger partial charge in [0.1, 0.15) is 5.78 Å². The van der Waals surface area contributed by atoms with Crippen LogP contribution in [0.1, 0.15) is 26.2 Å². The SMILES string of the molecule is CC(=O)CCCC(CO)(CO)CO. The van der Waals surface area contributed by atoms with E-state index in [1.165, 1.54) is 6.92 Å². The molecule has 0 radical (unpaired) electrons. The van der Waals surface area contributed by atoms with Crippen LogP contribution in [0.15, 0.2) is 0 Å². The van der Waals surface area contributed by atoms with Crippen LogP contribution in [0.5, 0.6) is 0 Å². The summed E-state index contributed by atoms with van der Waals surface area (Å²) in [6.45, 7) is 0.742. The third-order valence-corrected chi connectivity index (χ3v) is 2.24. The fourth-order valence-electron chi connectivity index (χ4n) is 1.10. The Morgan fingerprint density at radius 3 is 1.92 bits per heavy atom. The van der Waals surface area contributed by atoms with Crippen molar-refractivity contribution in [3.63, 3.8) is 0 Å². The van der Waals surface area contributed by atoms with Crippen LogP contribution in [-0.4, -0.2) is 40.9 Å². The average molecular weight is 190 g/mol. The molecule has 0 saturated carbocycles. The second kappa shape index (κ2) is 6.07. The molecule has 13 heavy (non-hydrogen) atoms. The van der Waals surface area contributed by atoms with E-state index in [-0.39, 0.29) is 25.6 Å². The quantitative estimate of drug-likeness (QED) is 0.515. The maximum atomic E-state index is 10.6. The maximum absolute atomic E-state index is 10.6. The number of aliphatic hydroxyl groups is 3. The fourth-order valence-corrected chi connectivity index (χ4v) is 1.10. The zero-order valence-corrected chi connectivity index (χ0v) is 7.99. The summed E-state index contributed by atoms with van der Waals surface area (Å²) >= 11 is 0. The Kier molecular flexibility index (Phi) is 5.86.